The fraction of sp³-hybridized carbons (Fsp3) is 0.667. The zero-order chi connectivity index (χ0) is 12.4. The molecule has 0 bridgehead atoms. The summed E-state index contributed by atoms with van der Waals surface area (Å²) in [5.74, 6) is 0.365. The van der Waals surface area contributed by atoms with Gasteiger partial charge in [0.1, 0.15) is 0 Å². The molecule has 4 heteroatoms. The standard InChI is InChI=1S/C12H22N2O2/c1-4-11(5-2)6-8-14(3)9-7-12(16)13-10-15/h7,9-11H,4-6,8H2,1-3H3,(H,13,15,16)/b9-7-. The van der Waals surface area contributed by atoms with E-state index in [1.165, 1.54) is 18.9 Å². The Labute approximate surface area is 97.7 Å². The molecule has 1 N–H and O–H groups in total. The molecule has 0 aliphatic rings. The summed E-state index contributed by atoms with van der Waals surface area (Å²) in [6.45, 7) is 5.32. The second kappa shape index (κ2) is 8.95. The van der Waals surface area contributed by atoms with Crippen molar-refractivity contribution in [2.45, 2.75) is 33.1 Å². The van der Waals surface area contributed by atoms with Gasteiger partial charge >= 0.3 is 0 Å². The van der Waals surface area contributed by atoms with Crippen LogP contribution in [-0.2, 0) is 9.59 Å². The van der Waals surface area contributed by atoms with Crippen LogP contribution in [0.25, 0.3) is 0 Å². The van der Waals surface area contributed by atoms with Crippen molar-refractivity contribution < 1.29 is 9.59 Å². The molecule has 0 saturated carbocycles. The summed E-state index contributed by atoms with van der Waals surface area (Å²) in [4.78, 5) is 22.9. The van der Waals surface area contributed by atoms with Crippen molar-refractivity contribution in [2.75, 3.05) is 13.6 Å². The average molecular weight is 226 g/mol. The van der Waals surface area contributed by atoms with Gasteiger partial charge < -0.3 is 4.90 Å². The van der Waals surface area contributed by atoms with Crippen molar-refractivity contribution >= 4 is 12.3 Å². The molecule has 0 atom stereocenters. The monoisotopic (exact) mass is 226 g/mol. The van der Waals surface area contributed by atoms with Gasteiger partial charge in [-0.05, 0) is 12.3 Å². The third kappa shape index (κ3) is 7.04. The maximum Gasteiger partial charge on any atom is 0.251 e. The minimum absolute atomic E-state index is 0.385. The van der Waals surface area contributed by atoms with Crippen LogP contribution in [0.3, 0.4) is 0 Å². The van der Waals surface area contributed by atoms with Crippen LogP contribution < -0.4 is 5.32 Å². The van der Waals surface area contributed by atoms with Crippen LogP contribution in [0.1, 0.15) is 33.1 Å². The van der Waals surface area contributed by atoms with Crippen LogP contribution in [0.15, 0.2) is 12.3 Å². The molecule has 16 heavy (non-hydrogen) atoms. The second-order valence-electron chi connectivity index (χ2n) is 3.89. The van der Waals surface area contributed by atoms with E-state index in [2.05, 4.69) is 19.2 Å². The summed E-state index contributed by atoms with van der Waals surface area (Å²) in [6, 6.07) is 0. The van der Waals surface area contributed by atoms with Gasteiger partial charge in [0.15, 0.2) is 0 Å². The minimum atomic E-state index is -0.385. The predicted molar refractivity (Wildman–Crippen MR) is 64.7 cm³/mol. The highest BCUT2D eigenvalue weighted by atomic mass is 16.2. The maximum atomic E-state index is 10.9. The molecular weight excluding hydrogens is 204 g/mol. The number of hydrogen-bond donors (Lipinski definition) is 1. The number of carbonyl (C=O) groups excluding carboxylic acids is 2. The second-order valence-corrected chi connectivity index (χ2v) is 3.89. The first kappa shape index (κ1) is 14.7. The van der Waals surface area contributed by atoms with Crippen molar-refractivity contribution in [2.24, 2.45) is 5.92 Å². The van der Waals surface area contributed by atoms with E-state index in [1.807, 2.05) is 11.9 Å². The molecule has 0 saturated heterocycles. The summed E-state index contributed by atoms with van der Waals surface area (Å²) < 4.78 is 0. The number of hydrogen-bond acceptors (Lipinski definition) is 3. The molecular formula is C12H22N2O2. The van der Waals surface area contributed by atoms with E-state index >= 15 is 0 Å². The Hall–Kier alpha value is -1.32. The van der Waals surface area contributed by atoms with Crippen molar-refractivity contribution in [1.29, 1.82) is 0 Å². The van der Waals surface area contributed by atoms with Gasteiger partial charge in [-0.2, -0.15) is 0 Å². The fourth-order valence-electron chi connectivity index (χ4n) is 1.46. The van der Waals surface area contributed by atoms with Crippen LogP contribution in [0.2, 0.25) is 0 Å². The van der Waals surface area contributed by atoms with Gasteiger partial charge in [-0.25, -0.2) is 0 Å². The number of rotatable bonds is 8. The number of carbonyl (C=O) groups is 2. The molecule has 0 aliphatic carbocycles. The van der Waals surface area contributed by atoms with Gasteiger partial charge in [0.2, 0.25) is 6.41 Å². The minimum Gasteiger partial charge on any atom is -0.380 e. The van der Waals surface area contributed by atoms with Crippen molar-refractivity contribution in [1.82, 2.24) is 10.2 Å². The lowest BCUT2D eigenvalue weighted by Crippen LogP contribution is -2.21. The molecule has 0 fully saturated rings. The van der Waals surface area contributed by atoms with Gasteiger partial charge in [-0.3, -0.25) is 14.9 Å². The summed E-state index contributed by atoms with van der Waals surface area (Å²) in [5.41, 5.74) is 0. The van der Waals surface area contributed by atoms with E-state index < -0.39 is 0 Å². The predicted octanol–water partition coefficient (Wildman–Crippen LogP) is 1.53. The highest BCUT2D eigenvalue weighted by molar-refractivity contribution is 5.94. The maximum absolute atomic E-state index is 10.9. The molecule has 92 valence electrons. The van der Waals surface area contributed by atoms with E-state index in [1.54, 1.807) is 6.20 Å². The molecule has 0 aliphatic heterocycles. The van der Waals surface area contributed by atoms with Crippen LogP contribution >= 0.6 is 0 Å². The smallest absolute Gasteiger partial charge is 0.251 e. The van der Waals surface area contributed by atoms with Crippen molar-refractivity contribution in [3.05, 3.63) is 12.3 Å². The fourth-order valence-corrected chi connectivity index (χ4v) is 1.46. The highest BCUT2D eigenvalue weighted by Crippen LogP contribution is 2.12. The quantitative estimate of drug-likeness (QED) is 0.504. The Morgan fingerprint density at radius 3 is 2.50 bits per heavy atom. The Balaban J connectivity index is 3.84. The Morgan fingerprint density at radius 2 is 2.00 bits per heavy atom. The molecule has 4 nitrogen and oxygen atoms in total. The van der Waals surface area contributed by atoms with Crippen LogP contribution in [-0.4, -0.2) is 30.8 Å². The first-order chi connectivity index (χ1) is 7.63. The normalized spacial score (nSPS) is 10.8. The first-order valence-electron chi connectivity index (χ1n) is 5.76. The zero-order valence-corrected chi connectivity index (χ0v) is 10.4. The topological polar surface area (TPSA) is 49.4 Å². The van der Waals surface area contributed by atoms with Gasteiger partial charge in [-0.15, -0.1) is 0 Å². The van der Waals surface area contributed by atoms with Crippen LogP contribution in [0, 0.1) is 5.92 Å². The molecule has 0 unspecified atom stereocenters. The first-order valence-corrected chi connectivity index (χ1v) is 5.76. The highest BCUT2D eigenvalue weighted by Gasteiger charge is 2.03. The molecule has 2 amide bonds. The van der Waals surface area contributed by atoms with E-state index in [0.29, 0.717) is 6.41 Å². The number of amides is 2. The summed E-state index contributed by atoms with van der Waals surface area (Å²) in [6.07, 6.45) is 6.96. The molecule has 0 radical (unpaired) electrons. The molecule has 0 aromatic carbocycles. The SMILES string of the molecule is CCC(CC)CCN(C)/C=C\C(=O)NC=O. The van der Waals surface area contributed by atoms with Crippen LogP contribution in [0.5, 0.6) is 0 Å². The van der Waals surface area contributed by atoms with Crippen molar-refractivity contribution in [3.63, 3.8) is 0 Å². The average Bonchev–Trinajstić information content (AvgIpc) is 2.28. The number of nitrogens with zero attached hydrogens (tertiary/aromatic N) is 1. The van der Waals surface area contributed by atoms with Gasteiger partial charge in [0, 0.05) is 25.9 Å². The lowest BCUT2D eigenvalue weighted by molar-refractivity contribution is -0.121. The third-order valence-corrected chi connectivity index (χ3v) is 2.73. The Morgan fingerprint density at radius 1 is 1.38 bits per heavy atom. The molecule has 0 aromatic rings. The molecule has 0 aromatic heterocycles. The van der Waals surface area contributed by atoms with Gasteiger partial charge in [0.05, 0.1) is 0 Å². The van der Waals surface area contributed by atoms with E-state index in [-0.39, 0.29) is 5.91 Å². The van der Waals surface area contributed by atoms with Gasteiger partial charge in [-0.1, -0.05) is 26.7 Å². The van der Waals surface area contributed by atoms with E-state index in [0.717, 1.165) is 18.9 Å². The van der Waals surface area contributed by atoms with E-state index in [9.17, 15) is 9.59 Å². The molecule has 0 spiro atoms. The summed E-state index contributed by atoms with van der Waals surface area (Å²) >= 11 is 0. The lowest BCUT2D eigenvalue weighted by atomic mass is 9.99. The largest absolute Gasteiger partial charge is 0.380 e. The van der Waals surface area contributed by atoms with Crippen LogP contribution in [0.4, 0.5) is 0 Å². The number of imide groups is 1. The van der Waals surface area contributed by atoms with Crippen molar-refractivity contribution in [3.8, 4) is 0 Å². The van der Waals surface area contributed by atoms with E-state index in [4.69, 9.17) is 0 Å². The number of nitrogens with one attached hydrogen (secondary N) is 1. The lowest BCUT2D eigenvalue weighted by Gasteiger charge is -2.18. The van der Waals surface area contributed by atoms with Gasteiger partial charge in [0.25, 0.3) is 5.91 Å². The Kier molecular flexibility index (Phi) is 8.21. The summed E-state index contributed by atoms with van der Waals surface area (Å²) in [5, 5.41) is 2.06. The summed E-state index contributed by atoms with van der Waals surface area (Å²) in [7, 11) is 1.92. The molecule has 0 rings (SSSR count). The zero-order valence-electron chi connectivity index (χ0n) is 10.4. The third-order valence-electron chi connectivity index (χ3n) is 2.73. The molecule has 0 heterocycles. The Bertz CT molecular complexity index is 235.